The molecule has 0 unspecified atom stereocenters. The van der Waals surface area contributed by atoms with E-state index in [4.69, 9.17) is 11.6 Å². The van der Waals surface area contributed by atoms with Crippen LogP contribution in [0.5, 0.6) is 0 Å². The van der Waals surface area contributed by atoms with Gasteiger partial charge < -0.3 is 5.32 Å². The van der Waals surface area contributed by atoms with Gasteiger partial charge in [-0.2, -0.15) is 5.26 Å². The van der Waals surface area contributed by atoms with Crippen molar-refractivity contribution in [3.05, 3.63) is 70.5 Å². The molecule has 1 N–H and O–H groups in total. The number of pyridine rings is 1. The van der Waals surface area contributed by atoms with Gasteiger partial charge in [0.2, 0.25) is 5.78 Å². The molecule has 0 bridgehead atoms. The van der Waals surface area contributed by atoms with Crippen molar-refractivity contribution in [2.45, 2.75) is 6.92 Å². The first-order valence-electron chi connectivity index (χ1n) is 6.21. The Labute approximate surface area is 127 Å². The van der Waals surface area contributed by atoms with Crippen molar-refractivity contribution in [1.82, 2.24) is 4.98 Å². The van der Waals surface area contributed by atoms with E-state index in [1.165, 1.54) is 0 Å². The van der Waals surface area contributed by atoms with Gasteiger partial charge in [-0.25, -0.2) is 4.98 Å². The van der Waals surface area contributed by atoms with Gasteiger partial charge in [-0.3, -0.25) is 4.79 Å². The Balaban J connectivity index is 2.35. The number of nitriles is 1. The van der Waals surface area contributed by atoms with E-state index in [9.17, 15) is 10.1 Å². The van der Waals surface area contributed by atoms with Gasteiger partial charge in [-0.05, 0) is 31.2 Å². The van der Waals surface area contributed by atoms with E-state index in [1.807, 2.05) is 12.1 Å². The number of carbonyl (C=O) groups is 1. The third-order valence-corrected chi connectivity index (χ3v) is 3.14. The van der Waals surface area contributed by atoms with Crippen molar-refractivity contribution in [2.24, 2.45) is 0 Å². The average Bonchev–Trinajstić information content (AvgIpc) is 2.49. The highest BCUT2D eigenvalue weighted by molar-refractivity contribution is 6.35. The van der Waals surface area contributed by atoms with Crippen molar-refractivity contribution < 1.29 is 4.79 Å². The Morgan fingerprint density at radius 3 is 2.57 bits per heavy atom. The minimum atomic E-state index is -0.413. The third-order valence-electron chi connectivity index (χ3n) is 2.81. The van der Waals surface area contributed by atoms with Gasteiger partial charge in [0.25, 0.3) is 0 Å². The second-order valence-corrected chi connectivity index (χ2v) is 4.67. The average molecular weight is 298 g/mol. The van der Waals surface area contributed by atoms with Crippen molar-refractivity contribution in [1.29, 1.82) is 5.26 Å². The van der Waals surface area contributed by atoms with Gasteiger partial charge >= 0.3 is 0 Å². The third kappa shape index (κ3) is 3.47. The molecular weight excluding hydrogens is 286 g/mol. The summed E-state index contributed by atoms with van der Waals surface area (Å²) >= 11 is 6.00. The molecule has 21 heavy (non-hydrogen) atoms. The van der Waals surface area contributed by atoms with Gasteiger partial charge in [0.15, 0.2) is 0 Å². The maximum Gasteiger partial charge on any atom is 0.206 e. The predicted molar refractivity (Wildman–Crippen MR) is 82.0 cm³/mol. The maximum atomic E-state index is 12.4. The van der Waals surface area contributed by atoms with Crippen LogP contribution in [0.15, 0.2) is 59.9 Å². The van der Waals surface area contributed by atoms with E-state index in [0.29, 0.717) is 22.1 Å². The number of nitrogens with one attached hydrogen (secondary N) is 1. The van der Waals surface area contributed by atoms with E-state index < -0.39 is 5.78 Å². The number of halogens is 1. The number of hydrogen-bond donors (Lipinski definition) is 1. The summed E-state index contributed by atoms with van der Waals surface area (Å²) in [5, 5.41) is 12.5. The fourth-order valence-electron chi connectivity index (χ4n) is 1.78. The number of aromatic nitrogens is 1. The fraction of sp³-hybridized carbons (Fsp3) is 0.0625. The normalized spacial score (nSPS) is 11.3. The molecule has 0 saturated heterocycles. The zero-order chi connectivity index (χ0) is 15.2. The molecular formula is C16H12ClN3O. The Kier molecular flexibility index (Phi) is 4.70. The first-order valence-corrected chi connectivity index (χ1v) is 6.59. The molecule has 2 rings (SSSR count). The zero-order valence-electron chi connectivity index (χ0n) is 11.3. The molecule has 1 aromatic heterocycles. The molecule has 0 saturated carbocycles. The van der Waals surface area contributed by atoms with Gasteiger partial charge in [-0.15, -0.1) is 0 Å². The van der Waals surface area contributed by atoms with E-state index in [-0.39, 0.29) is 5.57 Å². The minimum absolute atomic E-state index is 0.00810. The molecule has 0 aliphatic carbocycles. The monoisotopic (exact) mass is 297 g/mol. The van der Waals surface area contributed by atoms with Crippen LogP contribution in [0.4, 0.5) is 5.82 Å². The van der Waals surface area contributed by atoms with Crippen LogP contribution in [-0.2, 0) is 0 Å². The smallest absolute Gasteiger partial charge is 0.206 e. The summed E-state index contributed by atoms with van der Waals surface area (Å²) in [6.45, 7) is 1.65. The highest BCUT2D eigenvalue weighted by Gasteiger charge is 2.17. The van der Waals surface area contributed by atoms with Crippen molar-refractivity contribution in [2.75, 3.05) is 5.32 Å². The quantitative estimate of drug-likeness (QED) is 0.529. The number of anilines is 1. The summed E-state index contributed by atoms with van der Waals surface area (Å²) < 4.78 is 0. The van der Waals surface area contributed by atoms with Crippen LogP contribution in [0.25, 0.3) is 0 Å². The summed E-state index contributed by atoms with van der Waals surface area (Å²) in [7, 11) is 0. The number of allylic oxidation sites excluding steroid dienone is 2. The Morgan fingerprint density at radius 2 is 1.95 bits per heavy atom. The van der Waals surface area contributed by atoms with Crippen LogP contribution in [0, 0.1) is 11.3 Å². The second kappa shape index (κ2) is 6.69. The molecule has 104 valence electrons. The molecule has 0 atom stereocenters. The van der Waals surface area contributed by atoms with Crippen LogP contribution >= 0.6 is 11.6 Å². The summed E-state index contributed by atoms with van der Waals surface area (Å²) in [4.78, 5) is 16.5. The van der Waals surface area contributed by atoms with E-state index >= 15 is 0 Å². The van der Waals surface area contributed by atoms with E-state index in [0.717, 1.165) is 0 Å². The summed E-state index contributed by atoms with van der Waals surface area (Å²) in [5.41, 5.74) is 0.743. The molecule has 0 spiro atoms. The van der Waals surface area contributed by atoms with Crippen molar-refractivity contribution in [3.8, 4) is 6.07 Å². The van der Waals surface area contributed by atoms with Crippen LogP contribution in [0.2, 0.25) is 5.02 Å². The van der Waals surface area contributed by atoms with Gasteiger partial charge in [0.1, 0.15) is 17.5 Å². The molecule has 0 aliphatic rings. The largest absolute Gasteiger partial charge is 0.343 e. The van der Waals surface area contributed by atoms with Gasteiger partial charge in [0.05, 0.1) is 5.02 Å². The number of nitrogens with zero attached hydrogens (tertiary/aromatic N) is 2. The fourth-order valence-corrected chi connectivity index (χ4v) is 2.00. The Hall–Kier alpha value is -2.64. The lowest BCUT2D eigenvalue weighted by Gasteiger charge is -2.08. The standard InChI is InChI=1S/C16H12ClN3O/c1-11(20-15-8-4-5-9-19-15)13(10-18)16(21)12-6-2-3-7-14(12)17/h2-9H,1H3,(H,19,20)/b13-11+. The van der Waals surface area contributed by atoms with Crippen LogP contribution in [0.1, 0.15) is 17.3 Å². The number of ketones is 1. The lowest BCUT2D eigenvalue weighted by Crippen LogP contribution is -2.09. The molecule has 4 nitrogen and oxygen atoms in total. The topological polar surface area (TPSA) is 65.8 Å². The van der Waals surface area contributed by atoms with Crippen molar-refractivity contribution in [3.63, 3.8) is 0 Å². The predicted octanol–water partition coefficient (Wildman–Crippen LogP) is 3.83. The molecule has 0 amide bonds. The number of hydrogen-bond acceptors (Lipinski definition) is 4. The number of benzene rings is 1. The highest BCUT2D eigenvalue weighted by Crippen LogP contribution is 2.20. The molecule has 0 radical (unpaired) electrons. The van der Waals surface area contributed by atoms with E-state index in [1.54, 1.807) is 49.5 Å². The summed E-state index contributed by atoms with van der Waals surface area (Å²) in [5.74, 6) is 0.152. The minimum Gasteiger partial charge on any atom is -0.343 e. The van der Waals surface area contributed by atoms with Crippen molar-refractivity contribution >= 4 is 23.2 Å². The Bertz CT molecular complexity index is 733. The molecule has 1 aromatic carbocycles. The first-order chi connectivity index (χ1) is 10.1. The van der Waals surface area contributed by atoms with Crippen LogP contribution in [-0.4, -0.2) is 10.8 Å². The molecule has 0 fully saturated rings. The SMILES string of the molecule is C/C(Nc1ccccn1)=C(/C#N)C(=O)c1ccccc1Cl. The summed E-state index contributed by atoms with van der Waals surface area (Å²) in [6, 6.07) is 13.9. The molecule has 5 heteroatoms. The lowest BCUT2D eigenvalue weighted by molar-refractivity contribution is 0.103. The number of carbonyl (C=O) groups excluding carboxylic acids is 1. The molecule has 2 aromatic rings. The second-order valence-electron chi connectivity index (χ2n) is 4.26. The number of rotatable bonds is 4. The lowest BCUT2D eigenvalue weighted by atomic mass is 10.0. The van der Waals surface area contributed by atoms with Crippen LogP contribution < -0.4 is 5.32 Å². The van der Waals surface area contributed by atoms with Gasteiger partial charge in [-0.1, -0.05) is 29.8 Å². The highest BCUT2D eigenvalue weighted by atomic mass is 35.5. The van der Waals surface area contributed by atoms with E-state index in [2.05, 4.69) is 10.3 Å². The first kappa shape index (κ1) is 14.8. The maximum absolute atomic E-state index is 12.4. The molecule has 1 heterocycles. The molecule has 0 aliphatic heterocycles. The number of Topliss-reactive ketones (excluding diaryl/α,β-unsaturated/α-hetero) is 1. The van der Waals surface area contributed by atoms with Crippen LogP contribution in [0.3, 0.4) is 0 Å². The zero-order valence-corrected chi connectivity index (χ0v) is 12.1. The Morgan fingerprint density at radius 1 is 1.24 bits per heavy atom. The van der Waals surface area contributed by atoms with Gasteiger partial charge in [0, 0.05) is 17.5 Å². The summed E-state index contributed by atoms with van der Waals surface area (Å²) in [6.07, 6.45) is 1.62.